The van der Waals surface area contributed by atoms with Crippen LogP contribution in [0.15, 0.2) is 18.2 Å². The molecule has 1 aromatic heterocycles. The summed E-state index contributed by atoms with van der Waals surface area (Å²) in [7, 11) is 2.07. The van der Waals surface area contributed by atoms with Gasteiger partial charge >= 0.3 is 0 Å². The zero-order valence-corrected chi connectivity index (χ0v) is 10.3. The fourth-order valence-electron chi connectivity index (χ4n) is 2.16. The van der Waals surface area contributed by atoms with E-state index in [2.05, 4.69) is 23.9 Å². The molecular formula is C12H18N4O. The van der Waals surface area contributed by atoms with Crippen molar-refractivity contribution < 1.29 is 4.79 Å². The Kier molecular flexibility index (Phi) is 3.28. The standard InChI is InChI=1S/C12H18N4O/c1-9-8-15(2)6-7-16(9)12(17)10-4-3-5-11(13)14-10/h3-5,9H,6-8H2,1-2H3,(H2,13,14). The molecular weight excluding hydrogens is 216 g/mol. The molecule has 17 heavy (non-hydrogen) atoms. The van der Waals surface area contributed by atoms with Crippen LogP contribution in [0.3, 0.4) is 0 Å². The van der Waals surface area contributed by atoms with Gasteiger partial charge < -0.3 is 15.5 Å². The summed E-state index contributed by atoms with van der Waals surface area (Å²) < 4.78 is 0. The van der Waals surface area contributed by atoms with E-state index in [1.165, 1.54) is 0 Å². The first kappa shape index (κ1) is 11.9. The number of anilines is 1. The van der Waals surface area contributed by atoms with E-state index in [-0.39, 0.29) is 11.9 Å². The quantitative estimate of drug-likeness (QED) is 0.766. The van der Waals surface area contributed by atoms with Gasteiger partial charge in [0.2, 0.25) is 0 Å². The predicted molar refractivity (Wildman–Crippen MR) is 66.6 cm³/mol. The topological polar surface area (TPSA) is 62.5 Å². The minimum atomic E-state index is -0.0297. The molecule has 1 aliphatic heterocycles. The molecule has 1 saturated heterocycles. The third kappa shape index (κ3) is 2.55. The predicted octanol–water partition coefficient (Wildman–Crippen LogP) is 0.440. The second-order valence-corrected chi connectivity index (χ2v) is 4.56. The Morgan fingerprint density at radius 2 is 2.24 bits per heavy atom. The summed E-state index contributed by atoms with van der Waals surface area (Å²) in [6.07, 6.45) is 0. The van der Waals surface area contributed by atoms with Gasteiger partial charge in [0.05, 0.1) is 0 Å². The lowest BCUT2D eigenvalue weighted by Crippen LogP contribution is -2.52. The second-order valence-electron chi connectivity index (χ2n) is 4.56. The van der Waals surface area contributed by atoms with E-state index in [4.69, 9.17) is 5.73 Å². The molecule has 0 spiro atoms. The van der Waals surface area contributed by atoms with Crippen LogP contribution >= 0.6 is 0 Å². The minimum absolute atomic E-state index is 0.0297. The molecule has 0 radical (unpaired) electrons. The first-order valence-electron chi connectivity index (χ1n) is 5.80. The molecule has 2 N–H and O–H groups in total. The van der Waals surface area contributed by atoms with Crippen LogP contribution in [0.4, 0.5) is 5.82 Å². The highest BCUT2D eigenvalue weighted by molar-refractivity contribution is 5.92. The molecule has 1 fully saturated rings. The second kappa shape index (κ2) is 4.71. The highest BCUT2D eigenvalue weighted by Gasteiger charge is 2.27. The Morgan fingerprint density at radius 1 is 1.47 bits per heavy atom. The Balaban J connectivity index is 2.15. The third-order valence-corrected chi connectivity index (χ3v) is 3.08. The third-order valence-electron chi connectivity index (χ3n) is 3.08. The molecule has 5 heteroatoms. The Labute approximate surface area is 101 Å². The number of nitrogen functional groups attached to an aromatic ring is 1. The van der Waals surface area contributed by atoms with Crippen molar-refractivity contribution in [1.29, 1.82) is 0 Å². The van der Waals surface area contributed by atoms with Gasteiger partial charge in [-0.15, -0.1) is 0 Å². The van der Waals surface area contributed by atoms with Crippen LogP contribution in [0.2, 0.25) is 0 Å². The maximum atomic E-state index is 12.3. The van der Waals surface area contributed by atoms with Crippen molar-refractivity contribution in [2.24, 2.45) is 0 Å². The van der Waals surface area contributed by atoms with E-state index in [0.29, 0.717) is 11.5 Å². The number of rotatable bonds is 1. The molecule has 1 unspecified atom stereocenters. The van der Waals surface area contributed by atoms with E-state index in [1.54, 1.807) is 18.2 Å². The Morgan fingerprint density at radius 3 is 2.88 bits per heavy atom. The van der Waals surface area contributed by atoms with Crippen LogP contribution in [0, 0.1) is 0 Å². The van der Waals surface area contributed by atoms with Crippen molar-refractivity contribution in [3.05, 3.63) is 23.9 Å². The summed E-state index contributed by atoms with van der Waals surface area (Å²) in [5.41, 5.74) is 6.02. The summed E-state index contributed by atoms with van der Waals surface area (Å²) in [4.78, 5) is 20.4. The average molecular weight is 234 g/mol. The molecule has 1 amide bonds. The Hall–Kier alpha value is -1.62. The number of hydrogen-bond acceptors (Lipinski definition) is 4. The van der Waals surface area contributed by atoms with Crippen molar-refractivity contribution in [3.8, 4) is 0 Å². The number of likely N-dealkylation sites (N-methyl/N-ethyl adjacent to an activating group) is 1. The molecule has 2 heterocycles. The summed E-state index contributed by atoms with van der Waals surface area (Å²) in [5, 5.41) is 0. The minimum Gasteiger partial charge on any atom is -0.384 e. The lowest BCUT2D eigenvalue weighted by molar-refractivity contribution is 0.0528. The van der Waals surface area contributed by atoms with Gasteiger partial charge in [0.25, 0.3) is 5.91 Å². The first-order chi connectivity index (χ1) is 8.08. The molecule has 0 aromatic carbocycles. The van der Waals surface area contributed by atoms with Crippen LogP contribution in [0.1, 0.15) is 17.4 Å². The molecule has 0 aliphatic carbocycles. The van der Waals surface area contributed by atoms with Crippen molar-refractivity contribution in [1.82, 2.24) is 14.8 Å². The molecule has 1 aromatic rings. The fraction of sp³-hybridized carbons (Fsp3) is 0.500. The van der Waals surface area contributed by atoms with Crippen LogP contribution in [-0.4, -0.2) is 53.4 Å². The zero-order valence-electron chi connectivity index (χ0n) is 10.3. The van der Waals surface area contributed by atoms with Gasteiger partial charge in [-0.2, -0.15) is 0 Å². The van der Waals surface area contributed by atoms with Gasteiger partial charge in [-0.3, -0.25) is 4.79 Å². The molecule has 1 aliphatic rings. The van der Waals surface area contributed by atoms with Gasteiger partial charge in [0.1, 0.15) is 11.5 Å². The van der Waals surface area contributed by atoms with Gasteiger partial charge in [-0.1, -0.05) is 6.07 Å². The van der Waals surface area contributed by atoms with Gasteiger partial charge in [0, 0.05) is 25.7 Å². The van der Waals surface area contributed by atoms with E-state index < -0.39 is 0 Å². The SMILES string of the molecule is CC1CN(C)CCN1C(=O)c1cccc(N)n1. The number of piperazine rings is 1. The molecule has 5 nitrogen and oxygen atoms in total. The Bertz CT molecular complexity index is 421. The largest absolute Gasteiger partial charge is 0.384 e. The normalized spacial score (nSPS) is 21.5. The number of amides is 1. The molecule has 92 valence electrons. The lowest BCUT2D eigenvalue weighted by atomic mass is 10.2. The number of pyridine rings is 1. The van der Waals surface area contributed by atoms with Crippen LogP contribution < -0.4 is 5.73 Å². The van der Waals surface area contributed by atoms with E-state index in [1.807, 2.05) is 4.90 Å². The zero-order chi connectivity index (χ0) is 12.4. The fourth-order valence-corrected chi connectivity index (χ4v) is 2.16. The van der Waals surface area contributed by atoms with Gasteiger partial charge in [0.15, 0.2) is 0 Å². The highest BCUT2D eigenvalue weighted by Crippen LogP contribution is 2.12. The lowest BCUT2D eigenvalue weighted by Gasteiger charge is -2.38. The molecule has 0 bridgehead atoms. The van der Waals surface area contributed by atoms with Crippen molar-refractivity contribution in [3.63, 3.8) is 0 Å². The van der Waals surface area contributed by atoms with Crippen molar-refractivity contribution in [2.45, 2.75) is 13.0 Å². The highest BCUT2D eigenvalue weighted by atomic mass is 16.2. The number of carbonyl (C=O) groups excluding carboxylic acids is 1. The van der Waals surface area contributed by atoms with Crippen LogP contribution in [0.5, 0.6) is 0 Å². The van der Waals surface area contributed by atoms with E-state index in [9.17, 15) is 4.79 Å². The van der Waals surface area contributed by atoms with E-state index >= 15 is 0 Å². The van der Waals surface area contributed by atoms with Crippen LogP contribution in [-0.2, 0) is 0 Å². The number of nitrogens with two attached hydrogens (primary N) is 1. The maximum absolute atomic E-state index is 12.3. The smallest absolute Gasteiger partial charge is 0.272 e. The monoisotopic (exact) mass is 234 g/mol. The van der Waals surface area contributed by atoms with Gasteiger partial charge in [-0.25, -0.2) is 4.98 Å². The maximum Gasteiger partial charge on any atom is 0.272 e. The summed E-state index contributed by atoms with van der Waals surface area (Å²) in [6, 6.07) is 5.37. The average Bonchev–Trinajstić information content (AvgIpc) is 2.28. The number of carbonyl (C=O) groups is 1. The summed E-state index contributed by atoms with van der Waals surface area (Å²) >= 11 is 0. The summed E-state index contributed by atoms with van der Waals surface area (Å²) in [6.45, 7) is 4.60. The molecule has 2 rings (SSSR count). The summed E-state index contributed by atoms with van der Waals surface area (Å²) in [5.74, 6) is 0.357. The molecule has 0 saturated carbocycles. The molecule has 1 atom stereocenters. The number of aromatic nitrogens is 1. The number of nitrogens with zero attached hydrogens (tertiary/aromatic N) is 3. The van der Waals surface area contributed by atoms with Crippen molar-refractivity contribution >= 4 is 11.7 Å². The van der Waals surface area contributed by atoms with E-state index in [0.717, 1.165) is 19.6 Å². The van der Waals surface area contributed by atoms with Crippen molar-refractivity contribution in [2.75, 3.05) is 32.4 Å². The van der Waals surface area contributed by atoms with Crippen LogP contribution in [0.25, 0.3) is 0 Å². The van der Waals surface area contributed by atoms with Gasteiger partial charge in [-0.05, 0) is 26.1 Å². The number of hydrogen-bond donors (Lipinski definition) is 1. The first-order valence-corrected chi connectivity index (χ1v) is 5.80.